The Bertz CT molecular complexity index is 2550. The molecule has 0 radical (unpaired) electrons. The highest BCUT2D eigenvalue weighted by Gasteiger charge is 2.70. The van der Waals surface area contributed by atoms with Crippen molar-refractivity contribution in [2.45, 2.75) is 53.7 Å². The van der Waals surface area contributed by atoms with Crippen molar-refractivity contribution >= 4 is 45.9 Å². The fraction of sp³-hybridized carbons (Fsp3) is 0.208. The van der Waals surface area contributed by atoms with E-state index in [0.717, 1.165) is 34.8 Å². The van der Waals surface area contributed by atoms with Crippen LogP contribution in [-0.4, -0.2) is 0 Å². The number of nitrogens with zero attached hydrogens (tertiary/aromatic N) is 2. The number of hydrogen-bond acceptors (Lipinski definition) is 3. The Balaban J connectivity index is 0.929. The molecule has 4 aliphatic carbocycles. The van der Waals surface area contributed by atoms with Crippen molar-refractivity contribution in [2.75, 3.05) is 9.80 Å². The molecule has 4 fully saturated rings. The summed E-state index contributed by atoms with van der Waals surface area (Å²) < 4.78 is 0. The molecule has 3 bridgehead atoms. The number of fused-ring (bicyclic) bond motifs is 4. The van der Waals surface area contributed by atoms with Crippen molar-refractivity contribution in [1.82, 2.24) is 0 Å². The van der Waals surface area contributed by atoms with E-state index in [4.69, 9.17) is 0 Å². The van der Waals surface area contributed by atoms with Gasteiger partial charge in [-0.05, 0) is 168 Å². The molecule has 5 atom stereocenters. The van der Waals surface area contributed by atoms with E-state index in [9.17, 15) is 0 Å². The summed E-state index contributed by atoms with van der Waals surface area (Å²) in [5.41, 5.74) is 14.8. The summed E-state index contributed by atoms with van der Waals surface area (Å²) in [7, 11) is 0. The minimum Gasteiger partial charge on any atom is -0.311 e. The molecule has 0 amide bonds. The van der Waals surface area contributed by atoms with E-state index in [0.29, 0.717) is 10.8 Å². The monoisotopic (exact) mass is 740 g/mol. The smallest absolute Gasteiger partial charge is 0.0601 e. The normalized spacial score (nSPS) is 24.9. The molecule has 56 heavy (non-hydrogen) atoms. The molecule has 7 aromatic carbocycles. The summed E-state index contributed by atoms with van der Waals surface area (Å²) in [5.74, 6) is 2.93. The Morgan fingerprint density at radius 1 is 0.482 bits per heavy atom. The number of rotatable bonds is 7. The van der Waals surface area contributed by atoms with Gasteiger partial charge in [0.2, 0.25) is 0 Å². The zero-order chi connectivity index (χ0) is 36.8. The van der Waals surface area contributed by atoms with Gasteiger partial charge in [-0.15, -0.1) is 0 Å². The second-order valence-corrected chi connectivity index (χ2v) is 18.3. The molecule has 2 nitrogen and oxygen atoms in total. The lowest BCUT2D eigenvalue weighted by atomic mass is 9.55. The summed E-state index contributed by atoms with van der Waals surface area (Å²) in [5, 5.41) is 0. The van der Waals surface area contributed by atoms with E-state index in [1.807, 2.05) is 11.8 Å². The zero-order valence-electron chi connectivity index (χ0n) is 31.5. The lowest BCUT2D eigenvalue weighted by Gasteiger charge is -2.49. The molecule has 12 rings (SSSR count). The molecular weight excluding hydrogens is 697 g/mol. The van der Waals surface area contributed by atoms with E-state index in [1.54, 1.807) is 5.56 Å². The predicted octanol–water partition coefficient (Wildman–Crippen LogP) is 14.9. The van der Waals surface area contributed by atoms with Gasteiger partial charge in [-0.25, -0.2) is 0 Å². The van der Waals surface area contributed by atoms with Crippen LogP contribution in [0.1, 0.15) is 44.1 Å². The number of para-hydroxylation sites is 2. The van der Waals surface area contributed by atoms with Gasteiger partial charge >= 0.3 is 0 Å². The molecule has 3 heteroatoms. The maximum Gasteiger partial charge on any atom is 0.0601 e. The lowest BCUT2D eigenvalue weighted by Crippen LogP contribution is -2.42. The van der Waals surface area contributed by atoms with Crippen LogP contribution in [0.5, 0.6) is 0 Å². The minimum absolute atomic E-state index is 0.386. The van der Waals surface area contributed by atoms with E-state index in [2.05, 4.69) is 186 Å². The Morgan fingerprint density at radius 2 is 1.04 bits per heavy atom. The summed E-state index contributed by atoms with van der Waals surface area (Å²) in [6.07, 6.45) is 8.77. The SMILES string of the molecule is c1ccc(-c2ccccc2-c2ccc(N(c3ccc(N4c5ccccc5Sc5ccccc54)cc3)c3ccc(C45CC6CC7CC(C4)C7(C6)C5)cc3)cc2)cc1. The van der Waals surface area contributed by atoms with Crippen molar-refractivity contribution < 1.29 is 0 Å². The predicted molar refractivity (Wildman–Crippen MR) is 233 cm³/mol. The van der Waals surface area contributed by atoms with Gasteiger partial charge in [-0.1, -0.05) is 115 Å². The number of hydrogen-bond donors (Lipinski definition) is 0. The number of benzene rings is 7. The standard InChI is InChI=1S/C53H44N2S/c1-2-10-37(11-3-1)46-12-4-5-13-47(46)38-18-22-42(23-19-38)54(43-24-20-39(21-25-43)52-32-36-30-40-31-41(34-52)53(40,33-36)35-52)44-26-28-45(29-27-44)55-48-14-6-8-16-50(48)56-51-17-9-7-15-49(51)55/h1-29,36,40-41H,30-35H2. The minimum atomic E-state index is 0.386. The summed E-state index contributed by atoms with van der Waals surface area (Å²) in [4.78, 5) is 7.42. The van der Waals surface area contributed by atoms with Crippen LogP contribution in [0.2, 0.25) is 0 Å². The molecule has 0 N–H and O–H groups in total. The van der Waals surface area contributed by atoms with Gasteiger partial charge in [0.05, 0.1) is 11.4 Å². The maximum atomic E-state index is 2.50. The van der Waals surface area contributed by atoms with Crippen LogP contribution in [-0.2, 0) is 5.41 Å². The molecule has 0 aromatic heterocycles. The van der Waals surface area contributed by atoms with Crippen LogP contribution >= 0.6 is 11.8 Å². The molecule has 1 heterocycles. The van der Waals surface area contributed by atoms with Gasteiger partial charge in [0.15, 0.2) is 0 Å². The molecule has 272 valence electrons. The van der Waals surface area contributed by atoms with E-state index >= 15 is 0 Å². The molecule has 7 aromatic rings. The summed E-state index contributed by atoms with van der Waals surface area (Å²) in [6, 6.07) is 65.3. The van der Waals surface area contributed by atoms with Crippen LogP contribution in [0.3, 0.4) is 0 Å². The molecule has 0 saturated heterocycles. The van der Waals surface area contributed by atoms with Crippen molar-refractivity contribution in [3.63, 3.8) is 0 Å². The third-order valence-corrected chi connectivity index (χ3v) is 15.6. The Kier molecular flexibility index (Phi) is 7.30. The average molecular weight is 741 g/mol. The van der Waals surface area contributed by atoms with Crippen molar-refractivity contribution in [3.05, 3.63) is 181 Å². The fourth-order valence-corrected chi connectivity index (χ4v) is 13.3. The molecule has 1 aliphatic heterocycles. The molecule has 1 spiro atoms. The third-order valence-electron chi connectivity index (χ3n) is 14.5. The summed E-state index contributed by atoms with van der Waals surface area (Å²) >= 11 is 1.85. The summed E-state index contributed by atoms with van der Waals surface area (Å²) in [6.45, 7) is 0. The molecular formula is C53H44N2S. The average Bonchev–Trinajstić information content (AvgIpc) is 3.58. The van der Waals surface area contributed by atoms with Crippen molar-refractivity contribution in [1.29, 1.82) is 0 Å². The van der Waals surface area contributed by atoms with Gasteiger partial charge < -0.3 is 9.80 Å². The lowest BCUT2D eigenvalue weighted by molar-refractivity contribution is -0.000160. The van der Waals surface area contributed by atoms with Gasteiger partial charge in [-0.2, -0.15) is 0 Å². The van der Waals surface area contributed by atoms with Crippen molar-refractivity contribution in [2.24, 2.45) is 23.2 Å². The largest absolute Gasteiger partial charge is 0.311 e. The number of anilines is 6. The fourth-order valence-electron chi connectivity index (χ4n) is 12.2. The van der Waals surface area contributed by atoms with E-state index < -0.39 is 0 Å². The first-order valence-electron chi connectivity index (χ1n) is 20.6. The first-order chi connectivity index (χ1) is 27.6. The van der Waals surface area contributed by atoms with Crippen LogP contribution in [0.15, 0.2) is 186 Å². The Labute approximate surface area is 334 Å². The quantitative estimate of drug-likeness (QED) is 0.161. The molecule has 5 unspecified atom stereocenters. The van der Waals surface area contributed by atoms with Gasteiger partial charge in [-0.3, -0.25) is 0 Å². The van der Waals surface area contributed by atoms with E-state index in [-0.39, 0.29) is 0 Å². The van der Waals surface area contributed by atoms with Gasteiger partial charge in [0.1, 0.15) is 0 Å². The highest BCUT2D eigenvalue weighted by Crippen LogP contribution is 2.79. The maximum absolute atomic E-state index is 2.50. The van der Waals surface area contributed by atoms with Crippen LogP contribution in [0.25, 0.3) is 22.3 Å². The Morgan fingerprint density at radius 3 is 1.70 bits per heavy atom. The first-order valence-corrected chi connectivity index (χ1v) is 21.4. The van der Waals surface area contributed by atoms with Gasteiger partial charge in [0.25, 0.3) is 0 Å². The van der Waals surface area contributed by atoms with E-state index in [1.165, 1.54) is 87.6 Å². The second-order valence-electron chi connectivity index (χ2n) is 17.3. The second kappa shape index (κ2) is 12.5. The van der Waals surface area contributed by atoms with Crippen molar-refractivity contribution in [3.8, 4) is 22.3 Å². The van der Waals surface area contributed by atoms with Crippen LogP contribution < -0.4 is 9.80 Å². The molecule has 4 saturated carbocycles. The van der Waals surface area contributed by atoms with Gasteiger partial charge in [0, 0.05) is 32.5 Å². The van der Waals surface area contributed by atoms with Crippen LogP contribution in [0, 0.1) is 23.2 Å². The highest BCUT2D eigenvalue weighted by atomic mass is 32.2. The Hall–Kier alpha value is -5.51. The molecule has 5 aliphatic rings. The third kappa shape index (κ3) is 4.96. The van der Waals surface area contributed by atoms with Crippen LogP contribution in [0.4, 0.5) is 34.1 Å². The zero-order valence-corrected chi connectivity index (χ0v) is 32.3. The topological polar surface area (TPSA) is 6.48 Å². The first kappa shape index (κ1) is 32.7. The highest BCUT2D eigenvalue weighted by molar-refractivity contribution is 7.99.